The second-order valence-corrected chi connectivity index (χ2v) is 22.2. The van der Waals surface area contributed by atoms with Crippen molar-refractivity contribution < 1.29 is 24.2 Å². The number of rotatable bonds is 61. The van der Waals surface area contributed by atoms with E-state index in [4.69, 9.17) is 9.47 Å². The Balaban J connectivity index is 3.44. The van der Waals surface area contributed by atoms with E-state index in [0.29, 0.717) is 12.8 Å². The van der Waals surface area contributed by atoms with Crippen molar-refractivity contribution in [2.45, 2.75) is 341 Å². The van der Waals surface area contributed by atoms with Crippen LogP contribution >= 0.6 is 0 Å². The number of aliphatic hydroxyl groups excluding tert-OH is 1. The van der Waals surface area contributed by atoms with Gasteiger partial charge in [0.25, 0.3) is 0 Å². The Bertz CT molecular complexity index is 1380. The molecular weight excluding hydrogens is 933 g/mol. The predicted octanol–water partition coefficient (Wildman–Crippen LogP) is 22.9. The smallest absolute Gasteiger partial charge is 0.306 e. The van der Waals surface area contributed by atoms with Crippen LogP contribution in [0.3, 0.4) is 0 Å². The minimum absolute atomic E-state index is 0.0639. The molecule has 0 bridgehead atoms. The summed E-state index contributed by atoms with van der Waals surface area (Å²) in [7, 11) is 0. The molecule has 0 saturated carbocycles. The van der Waals surface area contributed by atoms with Gasteiger partial charge in [-0.3, -0.25) is 9.59 Å². The molecule has 0 heterocycles. The fourth-order valence-electron chi connectivity index (χ4n) is 9.73. The third kappa shape index (κ3) is 63.6. The van der Waals surface area contributed by atoms with Gasteiger partial charge in [0.2, 0.25) is 0 Å². The molecule has 0 radical (unpaired) electrons. The van der Waals surface area contributed by atoms with Crippen molar-refractivity contribution in [3.8, 4) is 0 Å². The van der Waals surface area contributed by atoms with Crippen LogP contribution in [-0.2, 0) is 19.1 Å². The van der Waals surface area contributed by atoms with Crippen LogP contribution in [-0.4, -0.2) is 36.4 Å². The van der Waals surface area contributed by atoms with Gasteiger partial charge in [0.15, 0.2) is 6.10 Å². The second-order valence-electron chi connectivity index (χ2n) is 22.2. The van der Waals surface area contributed by atoms with E-state index in [9.17, 15) is 14.7 Å². The van der Waals surface area contributed by atoms with Crippen LogP contribution in [0.2, 0.25) is 0 Å². The number of carbonyl (C=O) groups is 2. The van der Waals surface area contributed by atoms with Gasteiger partial charge in [-0.2, -0.15) is 0 Å². The van der Waals surface area contributed by atoms with E-state index in [0.717, 1.165) is 77.0 Å². The maximum Gasteiger partial charge on any atom is 0.306 e. The second kappa shape index (κ2) is 66.4. The minimum atomic E-state index is -0.774. The Morgan fingerprint density at radius 1 is 0.316 bits per heavy atom. The lowest BCUT2D eigenvalue weighted by Gasteiger charge is -2.15. The zero-order valence-electron chi connectivity index (χ0n) is 50.5. The number of allylic oxidation sites excluding steroid dienone is 14. The van der Waals surface area contributed by atoms with Gasteiger partial charge in [0.1, 0.15) is 6.61 Å². The lowest BCUT2D eigenvalue weighted by atomic mass is 10.0. The zero-order chi connectivity index (χ0) is 54.8. The predicted molar refractivity (Wildman–Crippen MR) is 334 cm³/mol. The molecule has 1 N–H and O–H groups in total. The first kappa shape index (κ1) is 73.1. The SMILES string of the molecule is CC/C=C\C/C=C\C/C=C\C/C=C\C/C=C\C/C=C\CCCCCCCCCCCCCCCCCCCCC(=O)OC(CO)COC(=O)CCCCCCCCCCCCCCC/C=C\CCCCCCCCCC. The molecule has 0 aliphatic carbocycles. The van der Waals surface area contributed by atoms with Crippen molar-refractivity contribution in [2.75, 3.05) is 13.2 Å². The number of carbonyl (C=O) groups excluding carboxylic acids is 2. The topological polar surface area (TPSA) is 72.8 Å². The number of hydrogen-bond donors (Lipinski definition) is 1. The summed E-state index contributed by atoms with van der Waals surface area (Å²) in [6, 6.07) is 0. The standard InChI is InChI=1S/C71H126O5/c1-3-5-7-9-11-13-15-17-19-21-23-25-27-29-30-31-32-33-34-35-36-37-38-39-40-42-44-46-48-50-52-54-56-58-60-62-64-66-71(74)76-69(67-72)68-75-70(73)65-63-61-59-57-55-53-51-49-47-45-43-41-28-26-24-22-20-18-16-14-12-10-8-6-4-2/h5,7,11,13,17,19,22-25,29-30,32-33,69,72H,3-4,6,8-10,12,14-16,18,20-21,26-28,31,34-68H2,1-2H3/b7-5-,13-11-,19-17-,24-22-,25-23-,30-29-,33-32-. The fraction of sp³-hybridized carbons (Fsp3) is 0.775. The molecule has 0 aromatic carbocycles. The summed E-state index contributed by atoms with van der Waals surface area (Å²) in [6.07, 6.45) is 93.1. The Labute approximate surface area is 473 Å². The third-order valence-electron chi connectivity index (χ3n) is 14.7. The molecule has 0 aromatic rings. The first-order valence-corrected chi connectivity index (χ1v) is 33.1. The quantitative estimate of drug-likeness (QED) is 0.0373. The van der Waals surface area contributed by atoms with Crippen molar-refractivity contribution in [3.05, 3.63) is 85.1 Å². The summed E-state index contributed by atoms with van der Waals surface area (Å²) < 4.78 is 10.8. The van der Waals surface area contributed by atoms with Crippen molar-refractivity contribution in [1.29, 1.82) is 0 Å². The third-order valence-corrected chi connectivity index (χ3v) is 14.7. The average molecular weight is 1060 g/mol. The van der Waals surface area contributed by atoms with Gasteiger partial charge < -0.3 is 14.6 Å². The number of hydrogen-bond acceptors (Lipinski definition) is 5. The number of unbranched alkanes of at least 4 members (excludes halogenated alkanes) is 39. The highest BCUT2D eigenvalue weighted by Gasteiger charge is 2.16. The van der Waals surface area contributed by atoms with E-state index in [1.54, 1.807) is 0 Å². The molecule has 5 heteroatoms. The molecule has 0 saturated heterocycles. The van der Waals surface area contributed by atoms with Crippen LogP contribution < -0.4 is 0 Å². The summed E-state index contributed by atoms with van der Waals surface area (Å²) in [4.78, 5) is 24.6. The molecule has 0 aromatic heterocycles. The molecule has 1 atom stereocenters. The largest absolute Gasteiger partial charge is 0.462 e. The van der Waals surface area contributed by atoms with Crippen molar-refractivity contribution in [1.82, 2.24) is 0 Å². The van der Waals surface area contributed by atoms with Gasteiger partial charge >= 0.3 is 11.9 Å². The average Bonchev–Trinajstić information content (AvgIpc) is 3.42. The highest BCUT2D eigenvalue weighted by atomic mass is 16.6. The van der Waals surface area contributed by atoms with E-state index in [-0.39, 0.29) is 25.2 Å². The highest BCUT2D eigenvalue weighted by molar-refractivity contribution is 5.70. The first-order chi connectivity index (χ1) is 37.6. The van der Waals surface area contributed by atoms with Gasteiger partial charge in [0.05, 0.1) is 6.61 Å². The minimum Gasteiger partial charge on any atom is -0.462 e. The van der Waals surface area contributed by atoms with E-state index in [1.807, 2.05) is 0 Å². The van der Waals surface area contributed by atoms with Gasteiger partial charge in [0, 0.05) is 12.8 Å². The summed E-state index contributed by atoms with van der Waals surface area (Å²) in [6.45, 7) is 4.07. The molecule has 0 aliphatic rings. The zero-order valence-corrected chi connectivity index (χ0v) is 50.5. The summed E-state index contributed by atoms with van der Waals surface area (Å²) in [5.74, 6) is -0.576. The molecule has 0 aliphatic heterocycles. The van der Waals surface area contributed by atoms with E-state index in [1.165, 1.54) is 231 Å². The maximum atomic E-state index is 12.4. The molecule has 76 heavy (non-hydrogen) atoms. The molecular formula is C71H126O5. The molecule has 0 rings (SSSR count). The summed E-state index contributed by atoms with van der Waals surface area (Å²) in [5, 5.41) is 9.69. The van der Waals surface area contributed by atoms with E-state index in [2.05, 4.69) is 98.9 Å². The van der Waals surface area contributed by atoms with Crippen LogP contribution in [0, 0.1) is 0 Å². The number of aliphatic hydroxyl groups is 1. The van der Waals surface area contributed by atoms with Crippen molar-refractivity contribution >= 4 is 11.9 Å². The van der Waals surface area contributed by atoms with Crippen LogP contribution in [0.5, 0.6) is 0 Å². The van der Waals surface area contributed by atoms with Crippen molar-refractivity contribution in [3.63, 3.8) is 0 Å². The van der Waals surface area contributed by atoms with Gasteiger partial charge in [-0.05, 0) is 89.9 Å². The Morgan fingerprint density at radius 3 is 0.868 bits per heavy atom. The monoisotopic (exact) mass is 1060 g/mol. The fourth-order valence-corrected chi connectivity index (χ4v) is 9.73. The molecule has 5 nitrogen and oxygen atoms in total. The van der Waals surface area contributed by atoms with Crippen LogP contribution in [0.4, 0.5) is 0 Å². The maximum absolute atomic E-state index is 12.4. The Morgan fingerprint density at radius 2 is 0.566 bits per heavy atom. The summed E-state index contributed by atoms with van der Waals surface area (Å²) >= 11 is 0. The molecule has 440 valence electrons. The Kier molecular flexibility index (Phi) is 63.8. The lowest BCUT2D eigenvalue weighted by Crippen LogP contribution is -2.28. The molecule has 0 spiro atoms. The van der Waals surface area contributed by atoms with E-state index >= 15 is 0 Å². The number of ether oxygens (including phenoxy) is 2. The number of esters is 2. The Hall–Kier alpha value is -2.92. The molecule has 0 fully saturated rings. The van der Waals surface area contributed by atoms with Gasteiger partial charge in [-0.25, -0.2) is 0 Å². The highest BCUT2D eigenvalue weighted by Crippen LogP contribution is 2.18. The lowest BCUT2D eigenvalue weighted by molar-refractivity contribution is -0.161. The van der Waals surface area contributed by atoms with Crippen LogP contribution in [0.1, 0.15) is 335 Å². The van der Waals surface area contributed by atoms with Crippen molar-refractivity contribution in [2.24, 2.45) is 0 Å². The van der Waals surface area contributed by atoms with E-state index < -0.39 is 6.10 Å². The molecule has 0 amide bonds. The summed E-state index contributed by atoms with van der Waals surface area (Å²) in [5.41, 5.74) is 0. The molecule has 1 unspecified atom stereocenters. The van der Waals surface area contributed by atoms with Crippen LogP contribution in [0.15, 0.2) is 85.1 Å². The van der Waals surface area contributed by atoms with Gasteiger partial charge in [-0.15, -0.1) is 0 Å². The van der Waals surface area contributed by atoms with Crippen LogP contribution in [0.25, 0.3) is 0 Å². The first-order valence-electron chi connectivity index (χ1n) is 33.1. The normalized spacial score (nSPS) is 12.7. The van der Waals surface area contributed by atoms with Gasteiger partial charge in [-0.1, -0.05) is 317 Å².